The highest BCUT2D eigenvalue weighted by Gasteiger charge is 2.19. The lowest BCUT2D eigenvalue weighted by Crippen LogP contribution is -2.08. The first-order chi connectivity index (χ1) is 4.25. The quantitative estimate of drug-likeness (QED) is 0.473. The minimum atomic E-state index is 0.458. The number of rotatable bonds is 0. The van der Waals surface area contributed by atoms with E-state index in [0.29, 0.717) is 5.92 Å². The summed E-state index contributed by atoms with van der Waals surface area (Å²) >= 11 is 1.50. The van der Waals surface area contributed by atoms with Gasteiger partial charge in [0.1, 0.15) is 0 Å². The topological polar surface area (TPSA) is 24.7 Å². The van der Waals surface area contributed by atoms with Crippen LogP contribution >= 0.6 is 11.9 Å². The molecular formula is C6H10N2S. The molecule has 0 fully saturated rings. The van der Waals surface area contributed by atoms with Crippen LogP contribution in [-0.4, -0.2) is 17.8 Å². The minimum Gasteiger partial charge on any atom is -0.284 e. The van der Waals surface area contributed by atoms with Gasteiger partial charge in [-0.15, -0.1) is 0 Å². The molecule has 1 atom stereocenters. The molecule has 0 aromatic rings. The third kappa shape index (κ3) is 1.15. The average Bonchev–Trinajstić information content (AvgIpc) is 2.15. The smallest absolute Gasteiger partial charge is 0.0984 e. The predicted molar refractivity (Wildman–Crippen MR) is 43.2 cm³/mol. The van der Waals surface area contributed by atoms with Gasteiger partial charge in [0.15, 0.2) is 0 Å². The number of hydrogen-bond acceptors (Lipinski definition) is 3. The second kappa shape index (κ2) is 2.52. The molecule has 0 radical (unpaired) electrons. The van der Waals surface area contributed by atoms with Gasteiger partial charge in [-0.1, -0.05) is 6.92 Å². The zero-order chi connectivity index (χ0) is 6.85. The molecule has 0 aliphatic carbocycles. The molecule has 1 heterocycles. The lowest BCUT2D eigenvalue weighted by molar-refractivity contribution is 1.08. The Bertz CT molecular complexity index is 172. The molecular weight excluding hydrogens is 132 g/mol. The Hall–Kier alpha value is -0.310. The summed E-state index contributed by atoms with van der Waals surface area (Å²) in [6.07, 6.45) is 0. The number of hydrogen-bond donors (Lipinski definition) is 0. The van der Waals surface area contributed by atoms with Gasteiger partial charge >= 0.3 is 0 Å². The summed E-state index contributed by atoms with van der Waals surface area (Å²) in [4.78, 5) is 4.08. The van der Waals surface area contributed by atoms with Crippen molar-refractivity contribution in [1.82, 2.24) is 0 Å². The normalized spacial score (nSPS) is 31.2. The second-order valence-electron chi connectivity index (χ2n) is 2.11. The molecule has 1 aliphatic heterocycles. The molecule has 0 saturated carbocycles. The Morgan fingerprint density at radius 3 is 2.56 bits per heavy atom. The molecule has 1 rings (SSSR count). The Balaban J connectivity index is 2.73. The fourth-order valence-corrected chi connectivity index (χ4v) is 1.50. The van der Waals surface area contributed by atoms with Gasteiger partial charge in [-0.25, -0.2) is 4.40 Å². The van der Waals surface area contributed by atoms with Gasteiger partial charge in [-0.2, -0.15) is 0 Å². The Morgan fingerprint density at radius 1 is 1.67 bits per heavy atom. The van der Waals surface area contributed by atoms with Crippen LogP contribution in [0.1, 0.15) is 13.8 Å². The van der Waals surface area contributed by atoms with E-state index in [2.05, 4.69) is 16.3 Å². The Morgan fingerprint density at radius 2 is 2.33 bits per heavy atom. The van der Waals surface area contributed by atoms with Gasteiger partial charge in [0.05, 0.1) is 5.04 Å². The van der Waals surface area contributed by atoms with Crippen molar-refractivity contribution in [2.75, 3.05) is 7.05 Å². The summed E-state index contributed by atoms with van der Waals surface area (Å²) in [7, 11) is 1.81. The van der Waals surface area contributed by atoms with E-state index < -0.39 is 0 Å². The van der Waals surface area contributed by atoms with Crippen LogP contribution in [0.15, 0.2) is 9.39 Å². The maximum atomic E-state index is 4.17. The van der Waals surface area contributed by atoms with E-state index in [9.17, 15) is 0 Å². The fourth-order valence-electron chi connectivity index (χ4n) is 0.690. The van der Waals surface area contributed by atoms with E-state index in [1.165, 1.54) is 17.7 Å². The third-order valence-corrected chi connectivity index (χ3v) is 2.60. The summed E-state index contributed by atoms with van der Waals surface area (Å²) < 4.78 is 4.17. The molecule has 0 N–H and O–H groups in total. The van der Waals surface area contributed by atoms with Crippen molar-refractivity contribution in [3.05, 3.63) is 0 Å². The largest absolute Gasteiger partial charge is 0.284 e. The second-order valence-corrected chi connectivity index (χ2v) is 2.89. The van der Waals surface area contributed by atoms with Gasteiger partial charge in [-0.3, -0.25) is 4.99 Å². The van der Waals surface area contributed by atoms with Gasteiger partial charge in [0, 0.05) is 30.6 Å². The van der Waals surface area contributed by atoms with Gasteiger partial charge < -0.3 is 0 Å². The van der Waals surface area contributed by atoms with Crippen molar-refractivity contribution in [1.29, 1.82) is 0 Å². The lowest BCUT2D eigenvalue weighted by Gasteiger charge is -1.99. The standard InChI is InChI=1S/C6H10N2S/c1-4-5(2)8-9-6(4)7-3/h4H,1-3H3. The van der Waals surface area contributed by atoms with Crippen LogP contribution in [-0.2, 0) is 0 Å². The van der Waals surface area contributed by atoms with Gasteiger partial charge in [0.2, 0.25) is 0 Å². The molecule has 50 valence electrons. The van der Waals surface area contributed by atoms with Crippen LogP contribution < -0.4 is 0 Å². The molecule has 0 aromatic carbocycles. The number of nitrogens with zero attached hydrogens (tertiary/aromatic N) is 2. The zero-order valence-electron chi connectivity index (χ0n) is 5.88. The molecule has 0 aromatic heterocycles. The first kappa shape index (κ1) is 6.81. The van der Waals surface area contributed by atoms with Crippen LogP contribution in [0.2, 0.25) is 0 Å². The van der Waals surface area contributed by atoms with E-state index in [1.807, 2.05) is 14.0 Å². The molecule has 0 spiro atoms. The molecule has 9 heavy (non-hydrogen) atoms. The van der Waals surface area contributed by atoms with Crippen molar-refractivity contribution in [3.8, 4) is 0 Å². The molecule has 0 bridgehead atoms. The van der Waals surface area contributed by atoms with E-state index in [1.54, 1.807) is 0 Å². The molecule has 3 heteroatoms. The first-order valence-electron chi connectivity index (χ1n) is 2.94. The maximum absolute atomic E-state index is 4.17. The van der Waals surface area contributed by atoms with Gasteiger partial charge in [0.25, 0.3) is 0 Å². The Kier molecular flexibility index (Phi) is 1.90. The van der Waals surface area contributed by atoms with E-state index in [4.69, 9.17) is 0 Å². The molecule has 0 amide bonds. The van der Waals surface area contributed by atoms with Crippen LogP contribution in [0.4, 0.5) is 0 Å². The highest BCUT2D eigenvalue weighted by Crippen LogP contribution is 2.23. The van der Waals surface area contributed by atoms with Crippen molar-refractivity contribution in [2.45, 2.75) is 13.8 Å². The van der Waals surface area contributed by atoms with Crippen molar-refractivity contribution >= 4 is 22.7 Å². The monoisotopic (exact) mass is 142 g/mol. The minimum absolute atomic E-state index is 0.458. The van der Waals surface area contributed by atoms with Crippen LogP contribution in [0, 0.1) is 5.92 Å². The fraction of sp³-hybridized carbons (Fsp3) is 0.667. The molecule has 0 saturated heterocycles. The summed E-state index contributed by atoms with van der Waals surface area (Å²) in [6.45, 7) is 4.16. The first-order valence-corrected chi connectivity index (χ1v) is 3.71. The summed E-state index contributed by atoms with van der Waals surface area (Å²) in [5.41, 5.74) is 1.18. The molecule has 1 unspecified atom stereocenters. The highest BCUT2D eigenvalue weighted by atomic mass is 32.2. The summed E-state index contributed by atoms with van der Waals surface area (Å²) in [5.74, 6) is 0.458. The van der Waals surface area contributed by atoms with Crippen molar-refractivity contribution in [3.63, 3.8) is 0 Å². The maximum Gasteiger partial charge on any atom is 0.0984 e. The SMILES string of the molecule is CN=C1SN=C(C)C1C. The molecule has 1 aliphatic rings. The van der Waals surface area contributed by atoms with Crippen LogP contribution in [0.25, 0.3) is 0 Å². The van der Waals surface area contributed by atoms with Crippen molar-refractivity contribution < 1.29 is 0 Å². The van der Waals surface area contributed by atoms with E-state index >= 15 is 0 Å². The predicted octanol–water partition coefficient (Wildman–Crippen LogP) is 1.77. The third-order valence-electron chi connectivity index (χ3n) is 1.50. The van der Waals surface area contributed by atoms with Gasteiger partial charge in [-0.05, 0) is 6.92 Å². The summed E-state index contributed by atoms with van der Waals surface area (Å²) in [6, 6.07) is 0. The van der Waals surface area contributed by atoms with E-state index in [0.717, 1.165) is 5.04 Å². The zero-order valence-corrected chi connectivity index (χ0v) is 6.70. The van der Waals surface area contributed by atoms with Crippen LogP contribution in [0.5, 0.6) is 0 Å². The summed E-state index contributed by atoms with van der Waals surface area (Å²) in [5, 5.41) is 1.13. The highest BCUT2D eigenvalue weighted by molar-refractivity contribution is 8.13. The van der Waals surface area contributed by atoms with Crippen molar-refractivity contribution in [2.24, 2.45) is 15.3 Å². The van der Waals surface area contributed by atoms with E-state index in [-0.39, 0.29) is 0 Å². The Labute approximate surface area is 59.6 Å². The van der Waals surface area contributed by atoms with Crippen LogP contribution in [0.3, 0.4) is 0 Å². The molecule has 2 nitrogen and oxygen atoms in total. The average molecular weight is 142 g/mol. The number of aliphatic imine (C=N–C) groups is 1. The lowest BCUT2D eigenvalue weighted by atomic mass is 10.1.